The Bertz CT molecular complexity index is 353. The summed E-state index contributed by atoms with van der Waals surface area (Å²) in [6, 6.07) is 1.95. The van der Waals surface area contributed by atoms with Crippen LogP contribution in [0.4, 0.5) is 0 Å². The molecule has 0 spiro atoms. The maximum absolute atomic E-state index is 5.91. The molecule has 0 bridgehead atoms. The number of nitrogens with zero attached hydrogens (tertiary/aromatic N) is 1. The summed E-state index contributed by atoms with van der Waals surface area (Å²) in [7, 11) is 0. The molecule has 0 radical (unpaired) electrons. The molecule has 0 aliphatic carbocycles. The lowest BCUT2D eigenvalue weighted by atomic mass is 9.82. The van der Waals surface area contributed by atoms with Crippen LogP contribution in [-0.2, 0) is 0 Å². The number of rotatable bonds is 8. The molecule has 2 nitrogen and oxygen atoms in total. The lowest BCUT2D eigenvalue weighted by Crippen LogP contribution is -2.30. The first-order chi connectivity index (χ1) is 8.65. The molecule has 18 heavy (non-hydrogen) atoms. The van der Waals surface area contributed by atoms with E-state index in [0.29, 0.717) is 0 Å². The summed E-state index contributed by atoms with van der Waals surface area (Å²) in [5.41, 5.74) is 0.189. The second-order valence-electron chi connectivity index (χ2n) is 4.79. The number of aromatic nitrogens is 1. The van der Waals surface area contributed by atoms with Gasteiger partial charge in [0.1, 0.15) is 5.75 Å². The Balaban J connectivity index is 2.66. The quantitative estimate of drug-likeness (QED) is 0.695. The molecule has 0 aliphatic heterocycles. The monoisotopic (exact) mass is 331 g/mol. The fraction of sp³-hybridized carbons (Fsp3) is 0.643. The van der Waals surface area contributed by atoms with Crippen LogP contribution < -0.4 is 4.74 Å². The summed E-state index contributed by atoms with van der Waals surface area (Å²) >= 11 is 7.93. The van der Waals surface area contributed by atoms with Gasteiger partial charge in [0.15, 0.2) is 0 Å². The molecule has 0 N–H and O–H groups in total. The molecular weight excluding hydrogens is 310 g/mol. The van der Waals surface area contributed by atoms with Crippen molar-refractivity contribution < 1.29 is 4.74 Å². The van der Waals surface area contributed by atoms with Crippen molar-refractivity contribution in [3.8, 4) is 5.75 Å². The van der Waals surface area contributed by atoms with Crippen LogP contribution in [-0.4, -0.2) is 17.3 Å². The first kappa shape index (κ1) is 15.8. The van der Waals surface area contributed by atoms with Crippen LogP contribution in [0.25, 0.3) is 0 Å². The van der Waals surface area contributed by atoms with Crippen molar-refractivity contribution in [2.75, 3.05) is 12.4 Å². The zero-order valence-electron chi connectivity index (χ0n) is 11.2. The Kier molecular flexibility index (Phi) is 7.08. The molecule has 0 atom stereocenters. The zero-order valence-corrected chi connectivity index (χ0v) is 13.6. The minimum absolute atomic E-state index is 0.189. The van der Waals surface area contributed by atoms with E-state index in [4.69, 9.17) is 4.74 Å². The van der Waals surface area contributed by atoms with Crippen molar-refractivity contribution in [3.63, 3.8) is 0 Å². The van der Waals surface area contributed by atoms with E-state index in [1.807, 2.05) is 6.07 Å². The van der Waals surface area contributed by atoms with Gasteiger partial charge in [-0.05, 0) is 40.6 Å². The topological polar surface area (TPSA) is 22.1 Å². The molecule has 0 amide bonds. The second kappa shape index (κ2) is 8.05. The lowest BCUT2D eigenvalue weighted by Gasteiger charge is -2.31. The van der Waals surface area contributed by atoms with Gasteiger partial charge in [-0.2, -0.15) is 12.6 Å². The smallest absolute Gasteiger partial charge is 0.138 e. The number of halogens is 1. The van der Waals surface area contributed by atoms with E-state index < -0.39 is 0 Å². The van der Waals surface area contributed by atoms with E-state index >= 15 is 0 Å². The van der Waals surface area contributed by atoms with Gasteiger partial charge < -0.3 is 4.74 Å². The van der Waals surface area contributed by atoms with Crippen molar-refractivity contribution in [3.05, 3.63) is 22.9 Å². The molecule has 0 fully saturated rings. The van der Waals surface area contributed by atoms with Crippen LogP contribution in [0.2, 0.25) is 0 Å². The van der Waals surface area contributed by atoms with Crippen LogP contribution >= 0.6 is 28.6 Å². The maximum atomic E-state index is 5.91. The number of hydrogen-bond acceptors (Lipinski definition) is 3. The Labute approximate surface area is 124 Å². The number of hydrogen-bond donors (Lipinski definition) is 1. The van der Waals surface area contributed by atoms with Gasteiger partial charge in [0, 0.05) is 16.1 Å². The Morgan fingerprint density at radius 2 is 1.94 bits per heavy atom. The first-order valence-corrected chi connectivity index (χ1v) is 7.92. The number of ether oxygens (including phenoxy) is 1. The van der Waals surface area contributed by atoms with Crippen LogP contribution in [0, 0.1) is 5.41 Å². The third-order valence-electron chi connectivity index (χ3n) is 3.12. The van der Waals surface area contributed by atoms with Crippen molar-refractivity contribution in [1.82, 2.24) is 4.98 Å². The molecule has 1 rings (SSSR count). The molecule has 0 unspecified atom stereocenters. The summed E-state index contributed by atoms with van der Waals surface area (Å²) < 4.78 is 6.85. The van der Waals surface area contributed by atoms with Crippen molar-refractivity contribution in [2.45, 2.75) is 39.5 Å². The number of pyridine rings is 1. The van der Waals surface area contributed by atoms with E-state index in [0.717, 1.165) is 35.4 Å². The highest BCUT2D eigenvalue weighted by Gasteiger charge is 2.27. The summed E-state index contributed by atoms with van der Waals surface area (Å²) in [6.07, 6.45) is 8.17. The van der Waals surface area contributed by atoms with Crippen LogP contribution in [0.3, 0.4) is 0 Å². The molecule has 1 aromatic heterocycles. The lowest BCUT2D eigenvalue weighted by molar-refractivity contribution is 0.143. The Hall–Kier alpha value is -0.220. The highest BCUT2D eigenvalue weighted by atomic mass is 79.9. The third kappa shape index (κ3) is 4.81. The van der Waals surface area contributed by atoms with E-state index in [2.05, 4.69) is 47.4 Å². The Morgan fingerprint density at radius 3 is 2.44 bits per heavy atom. The highest BCUT2D eigenvalue weighted by molar-refractivity contribution is 9.10. The Morgan fingerprint density at radius 1 is 1.28 bits per heavy atom. The predicted molar refractivity (Wildman–Crippen MR) is 83.5 cm³/mol. The molecule has 0 aliphatic rings. The zero-order chi connectivity index (χ0) is 13.4. The van der Waals surface area contributed by atoms with Crippen molar-refractivity contribution in [1.29, 1.82) is 0 Å². The van der Waals surface area contributed by atoms with Crippen molar-refractivity contribution >= 4 is 28.6 Å². The van der Waals surface area contributed by atoms with Gasteiger partial charge in [0.25, 0.3) is 0 Å². The SMILES string of the molecule is CCCC(CS)(CCC)COc1cncc(Br)c1. The molecular formula is C14H22BrNOS. The third-order valence-corrected chi connectivity index (χ3v) is 4.23. The van der Waals surface area contributed by atoms with E-state index in [9.17, 15) is 0 Å². The van der Waals surface area contributed by atoms with Crippen LogP contribution in [0.5, 0.6) is 5.75 Å². The van der Waals surface area contributed by atoms with Crippen molar-refractivity contribution in [2.24, 2.45) is 5.41 Å². The molecule has 0 aromatic carbocycles. The van der Waals surface area contributed by atoms with E-state index in [-0.39, 0.29) is 5.41 Å². The molecule has 0 saturated carbocycles. The highest BCUT2D eigenvalue weighted by Crippen LogP contribution is 2.32. The van der Waals surface area contributed by atoms with Gasteiger partial charge in [0.05, 0.1) is 12.8 Å². The molecule has 0 saturated heterocycles. The largest absolute Gasteiger partial charge is 0.491 e. The fourth-order valence-corrected chi connectivity index (χ4v) is 2.99. The van der Waals surface area contributed by atoms with E-state index in [1.54, 1.807) is 12.4 Å². The van der Waals surface area contributed by atoms with E-state index in [1.165, 1.54) is 12.8 Å². The fourth-order valence-electron chi connectivity index (χ4n) is 2.24. The molecule has 1 aromatic rings. The minimum Gasteiger partial charge on any atom is -0.491 e. The average molecular weight is 332 g/mol. The molecule has 4 heteroatoms. The maximum Gasteiger partial charge on any atom is 0.138 e. The molecule has 102 valence electrons. The van der Waals surface area contributed by atoms with Gasteiger partial charge in [-0.15, -0.1) is 0 Å². The average Bonchev–Trinajstić information content (AvgIpc) is 2.37. The van der Waals surface area contributed by atoms with Crippen LogP contribution in [0.1, 0.15) is 39.5 Å². The molecule has 1 heterocycles. The normalized spacial score (nSPS) is 11.6. The summed E-state index contributed by atoms with van der Waals surface area (Å²) in [5.74, 6) is 1.69. The summed E-state index contributed by atoms with van der Waals surface area (Å²) in [4.78, 5) is 4.11. The van der Waals surface area contributed by atoms with Crippen LogP contribution in [0.15, 0.2) is 22.9 Å². The summed E-state index contributed by atoms with van der Waals surface area (Å²) in [6.45, 7) is 5.15. The second-order valence-corrected chi connectivity index (χ2v) is 6.02. The first-order valence-electron chi connectivity index (χ1n) is 6.50. The number of thiol groups is 1. The standard InChI is InChI=1S/C14H22BrNOS/c1-3-5-14(11-18,6-4-2)10-17-13-7-12(15)8-16-9-13/h7-9,18H,3-6,10-11H2,1-2H3. The predicted octanol–water partition coefficient (Wildman–Crippen LogP) is 4.74. The van der Waals surface area contributed by atoms with Gasteiger partial charge in [-0.3, -0.25) is 4.98 Å². The minimum atomic E-state index is 0.189. The van der Waals surface area contributed by atoms with Gasteiger partial charge >= 0.3 is 0 Å². The van der Waals surface area contributed by atoms with Gasteiger partial charge in [-0.1, -0.05) is 26.7 Å². The van der Waals surface area contributed by atoms with Gasteiger partial charge in [0.2, 0.25) is 0 Å². The van der Waals surface area contributed by atoms with Gasteiger partial charge in [-0.25, -0.2) is 0 Å². The summed E-state index contributed by atoms with van der Waals surface area (Å²) in [5, 5.41) is 0.